The van der Waals surface area contributed by atoms with Gasteiger partial charge >= 0.3 is 0 Å². The fourth-order valence-electron chi connectivity index (χ4n) is 4.13. The van der Waals surface area contributed by atoms with Crippen molar-refractivity contribution >= 4 is 16.9 Å². The van der Waals surface area contributed by atoms with Crippen LogP contribution in [0.2, 0.25) is 0 Å². The lowest BCUT2D eigenvalue weighted by Gasteiger charge is -2.21. The smallest absolute Gasteiger partial charge is 0.260 e. The number of carbonyl (C=O) groups excluding carboxylic acids is 1. The first-order valence-corrected chi connectivity index (χ1v) is 11.3. The summed E-state index contributed by atoms with van der Waals surface area (Å²) in [6.45, 7) is 6.70. The topological polar surface area (TPSA) is 79.5 Å². The molecule has 1 aromatic heterocycles. The molecule has 1 unspecified atom stereocenters. The number of aromatic amines is 1. The number of methoxy groups -OCH3 is 1. The number of rotatable bonds is 9. The summed E-state index contributed by atoms with van der Waals surface area (Å²) in [7, 11) is 1.62. The summed E-state index contributed by atoms with van der Waals surface area (Å²) < 4.78 is 11.3. The number of nitrogens with zero attached hydrogens (tertiary/aromatic N) is 2. The Kier molecular flexibility index (Phi) is 6.95. The van der Waals surface area contributed by atoms with Gasteiger partial charge in [0.1, 0.15) is 5.82 Å². The lowest BCUT2D eigenvalue weighted by atomic mass is 10.0. The number of nitrogens with one attached hydrogen (secondary N) is 2. The van der Waals surface area contributed by atoms with Gasteiger partial charge in [0.15, 0.2) is 18.1 Å². The molecule has 0 radical (unpaired) electrons. The van der Waals surface area contributed by atoms with Gasteiger partial charge in [0, 0.05) is 19.6 Å². The van der Waals surface area contributed by atoms with Gasteiger partial charge in [-0.25, -0.2) is 4.98 Å². The average molecular weight is 437 g/mol. The Morgan fingerprint density at radius 3 is 2.66 bits per heavy atom. The molecular formula is C25H32N4O3. The number of hydrogen-bond acceptors (Lipinski definition) is 5. The van der Waals surface area contributed by atoms with E-state index in [1.807, 2.05) is 47.4 Å². The van der Waals surface area contributed by atoms with Gasteiger partial charge in [-0.1, -0.05) is 32.0 Å². The highest BCUT2D eigenvalue weighted by molar-refractivity contribution is 5.78. The Morgan fingerprint density at radius 2 is 1.94 bits per heavy atom. The molecule has 3 aromatic rings. The van der Waals surface area contributed by atoms with Crippen molar-refractivity contribution in [1.29, 1.82) is 0 Å². The zero-order valence-electron chi connectivity index (χ0n) is 19.1. The third-order valence-electron chi connectivity index (χ3n) is 5.93. The van der Waals surface area contributed by atoms with Crippen molar-refractivity contribution in [2.75, 3.05) is 26.8 Å². The molecule has 0 spiro atoms. The summed E-state index contributed by atoms with van der Waals surface area (Å²) in [4.78, 5) is 22.3. The molecule has 7 nitrogen and oxygen atoms in total. The van der Waals surface area contributed by atoms with E-state index in [0.717, 1.165) is 48.4 Å². The van der Waals surface area contributed by atoms with Crippen LogP contribution in [0, 0.1) is 5.92 Å². The molecule has 0 saturated carbocycles. The zero-order chi connectivity index (χ0) is 22.5. The molecular weight excluding hydrogens is 404 g/mol. The summed E-state index contributed by atoms with van der Waals surface area (Å²) in [5.74, 6) is 2.54. The van der Waals surface area contributed by atoms with E-state index < -0.39 is 0 Å². The highest BCUT2D eigenvalue weighted by Crippen LogP contribution is 2.29. The van der Waals surface area contributed by atoms with Crippen molar-refractivity contribution in [2.24, 2.45) is 5.92 Å². The molecule has 0 aliphatic carbocycles. The monoisotopic (exact) mass is 436 g/mol. The predicted octanol–water partition coefficient (Wildman–Crippen LogP) is 4.06. The zero-order valence-corrected chi connectivity index (χ0v) is 19.1. The van der Waals surface area contributed by atoms with Crippen molar-refractivity contribution in [3.8, 4) is 11.5 Å². The summed E-state index contributed by atoms with van der Waals surface area (Å²) in [6, 6.07) is 14.0. The predicted molar refractivity (Wildman–Crippen MR) is 125 cm³/mol. The number of imidazole rings is 1. The fourth-order valence-corrected chi connectivity index (χ4v) is 4.13. The van der Waals surface area contributed by atoms with E-state index in [9.17, 15) is 4.79 Å². The molecule has 32 heavy (non-hydrogen) atoms. The molecule has 1 saturated heterocycles. The molecule has 1 aliphatic rings. The second kappa shape index (κ2) is 10.0. The minimum absolute atomic E-state index is 0.0286. The van der Waals surface area contributed by atoms with Crippen molar-refractivity contribution in [1.82, 2.24) is 20.2 Å². The largest absolute Gasteiger partial charge is 0.493 e. The van der Waals surface area contributed by atoms with E-state index in [0.29, 0.717) is 24.0 Å². The number of fused-ring (bicyclic) bond motifs is 1. The van der Waals surface area contributed by atoms with Gasteiger partial charge in [-0.3, -0.25) is 4.79 Å². The number of H-pyrrole nitrogens is 1. The molecule has 1 aliphatic heterocycles. The first-order valence-electron chi connectivity index (χ1n) is 11.3. The van der Waals surface area contributed by atoms with Gasteiger partial charge in [-0.2, -0.15) is 0 Å². The SMILES string of the molecule is COc1cc(CNC(c2nc3ccccc3[nH]2)C(C)C)ccc1OCC(=O)N1CCCC1. The van der Waals surface area contributed by atoms with Gasteiger partial charge < -0.3 is 24.7 Å². The minimum Gasteiger partial charge on any atom is -0.493 e. The van der Waals surface area contributed by atoms with E-state index in [-0.39, 0.29) is 18.6 Å². The molecule has 2 N–H and O–H groups in total. The minimum atomic E-state index is 0.0286. The second-order valence-electron chi connectivity index (χ2n) is 8.60. The maximum atomic E-state index is 12.3. The molecule has 7 heteroatoms. The Morgan fingerprint density at radius 1 is 1.16 bits per heavy atom. The van der Waals surface area contributed by atoms with Crippen LogP contribution in [0.4, 0.5) is 0 Å². The van der Waals surface area contributed by atoms with Gasteiger partial charge in [0.05, 0.1) is 24.2 Å². The third kappa shape index (κ3) is 5.05. The van der Waals surface area contributed by atoms with Crippen molar-refractivity contribution in [3.05, 3.63) is 53.9 Å². The number of para-hydroxylation sites is 2. The standard InChI is InChI=1S/C25H32N4O3/c1-17(2)24(25-27-19-8-4-5-9-20(19)28-25)26-15-18-10-11-21(22(14-18)31-3)32-16-23(30)29-12-6-7-13-29/h4-5,8-11,14,17,24,26H,6-7,12-13,15-16H2,1-3H3,(H,27,28). The maximum Gasteiger partial charge on any atom is 0.260 e. The lowest BCUT2D eigenvalue weighted by Crippen LogP contribution is -2.32. The number of carbonyl (C=O) groups is 1. The Hall–Kier alpha value is -3.06. The van der Waals surface area contributed by atoms with Crippen LogP contribution in [0.3, 0.4) is 0 Å². The second-order valence-corrected chi connectivity index (χ2v) is 8.60. The summed E-state index contributed by atoms with van der Waals surface area (Å²) >= 11 is 0. The lowest BCUT2D eigenvalue weighted by molar-refractivity contribution is -0.132. The molecule has 4 rings (SSSR count). The quantitative estimate of drug-likeness (QED) is 0.529. The van der Waals surface area contributed by atoms with Crippen LogP contribution in [-0.2, 0) is 11.3 Å². The number of ether oxygens (including phenoxy) is 2. The molecule has 1 amide bonds. The Labute approximate surface area is 189 Å². The third-order valence-corrected chi connectivity index (χ3v) is 5.93. The summed E-state index contributed by atoms with van der Waals surface area (Å²) in [5, 5.41) is 3.62. The van der Waals surface area contributed by atoms with E-state index in [2.05, 4.69) is 24.1 Å². The summed E-state index contributed by atoms with van der Waals surface area (Å²) in [6.07, 6.45) is 2.14. The summed E-state index contributed by atoms with van der Waals surface area (Å²) in [5.41, 5.74) is 3.09. The van der Waals surface area contributed by atoms with Gasteiger partial charge in [0.25, 0.3) is 5.91 Å². The van der Waals surface area contributed by atoms with Crippen molar-refractivity contribution in [2.45, 2.75) is 39.3 Å². The molecule has 1 fully saturated rings. The fraction of sp³-hybridized carbons (Fsp3) is 0.440. The molecule has 170 valence electrons. The Bertz CT molecular complexity index is 1020. The Balaban J connectivity index is 1.41. The van der Waals surface area contributed by atoms with Gasteiger partial charge in [-0.15, -0.1) is 0 Å². The first-order chi connectivity index (χ1) is 15.5. The van der Waals surface area contributed by atoms with E-state index in [1.54, 1.807) is 7.11 Å². The van der Waals surface area contributed by atoms with E-state index in [1.165, 1.54) is 0 Å². The van der Waals surface area contributed by atoms with E-state index >= 15 is 0 Å². The molecule has 0 bridgehead atoms. The maximum absolute atomic E-state index is 12.3. The van der Waals surface area contributed by atoms with Crippen LogP contribution in [-0.4, -0.2) is 47.6 Å². The number of benzene rings is 2. The molecule has 1 atom stereocenters. The molecule has 2 heterocycles. The van der Waals surface area contributed by atoms with Crippen LogP contribution in [0.15, 0.2) is 42.5 Å². The van der Waals surface area contributed by atoms with Gasteiger partial charge in [0.2, 0.25) is 0 Å². The number of aromatic nitrogens is 2. The van der Waals surface area contributed by atoms with Crippen molar-refractivity contribution in [3.63, 3.8) is 0 Å². The normalized spacial score (nSPS) is 14.8. The van der Waals surface area contributed by atoms with Crippen LogP contribution in [0.1, 0.15) is 44.1 Å². The highest BCUT2D eigenvalue weighted by Gasteiger charge is 2.21. The van der Waals surface area contributed by atoms with Crippen LogP contribution >= 0.6 is 0 Å². The van der Waals surface area contributed by atoms with Crippen LogP contribution in [0.5, 0.6) is 11.5 Å². The van der Waals surface area contributed by atoms with Crippen LogP contribution < -0.4 is 14.8 Å². The highest BCUT2D eigenvalue weighted by atomic mass is 16.5. The number of amides is 1. The first kappa shape index (κ1) is 22.1. The number of likely N-dealkylation sites (tertiary alicyclic amines) is 1. The van der Waals surface area contributed by atoms with Crippen LogP contribution in [0.25, 0.3) is 11.0 Å². The molecule has 2 aromatic carbocycles. The van der Waals surface area contributed by atoms with Gasteiger partial charge in [-0.05, 0) is 48.6 Å². The van der Waals surface area contributed by atoms with E-state index in [4.69, 9.17) is 14.5 Å². The van der Waals surface area contributed by atoms with Crippen molar-refractivity contribution < 1.29 is 14.3 Å². The number of hydrogen-bond donors (Lipinski definition) is 2. The average Bonchev–Trinajstić information content (AvgIpc) is 3.47.